The van der Waals surface area contributed by atoms with Gasteiger partial charge in [-0.15, -0.1) is 0 Å². The van der Waals surface area contributed by atoms with Crippen molar-refractivity contribution in [2.75, 3.05) is 0 Å². The van der Waals surface area contributed by atoms with Gasteiger partial charge in [0.2, 0.25) is 0 Å². The summed E-state index contributed by atoms with van der Waals surface area (Å²) in [7, 11) is 0. The van der Waals surface area contributed by atoms with Crippen LogP contribution in [-0.2, 0) is 4.79 Å². The van der Waals surface area contributed by atoms with Crippen LogP contribution in [0.5, 0.6) is 0 Å². The Hall–Kier alpha value is -3.04. The van der Waals surface area contributed by atoms with Crippen molar-refractivity contribution in [3.8, 4) is 0 Å². The molecule has 3 aromatic rings. The van der Waals surface area contributed by atoms with Gasteiger partial charge in [-0.1, -0.05) is 84.9 Å². The third-order valence-electron chi connectivity index (χ3n) is 5.00. The van der Waals surface area contributed by atoms with Crippen molar-refractivity contribution in [2.45, 2.75) is 12.0 Å². The highest BCUT2D eigenvalue weighted by Gasteiger charge is 2.45. The Balaban J connectivity index is 1.78. The van der Waals surface area contributed by atoms with E-state index in [1.54, 1.807) is 24.3 Å². The van der Waals surface area contributed by atoms with Crippen molar-refractivity contribution >= 4 is 11.6 Å². The predicted octanol–water partition coefficient (Wildman–Crippen LogP) is 3.93. The number of carbonyl (C=O) groups excluding carboxylic acids is 2. The molecule has 0 saturated heterocycles. The molecule has 0 amide bonds. The Morgan fingerprint density at radius 3 is 1.81 bits per heavy atom. The lowest BCUT2D eigenvalue weighted by molar-refractivity contribution is -0.124. The maximum absolute atomic E-state index is 13.5. The van der Waals surface area contributed by atoms with Gasteiger partial charge in [0.15, 0.2) is 11.6 Å². The number of aliphatic hydroxyl groups is 1. The molecule has 3 heteroatoms. The van der Waals surface area contributed by atoms with Crippen LogP contribution in [0.2, 0.25) is 0 Å². The van der Waals surface area contributed by atoms with Crippen LogP contribution in [0.4, 0.5) is 0 Å². The summed E-state index contributed by atoms with van der Waals surface area (Å²) in [6, 6.07) is 25.7. The minimum Gasteiger partial charge on any atom is -0.387 e. The minimum absolute atomic E-state index is 0.267. The number of ketones is 2. The summed E-state index contributed by atoms with van der Waals surface area (Å²) < 4.78 is 0. The number of Topliss-reactive ketones (excluding diaryl/α,β-unsaturated/α-hetero) is 2. The molecule has 0 saturated carbocycles. The zero-order chi connectivity index (χ0) is 18.1. The molecular weight excluding hydrogens is 324 g/mol. The second kappa shape index (κ2) is 6.70. The van der Waals surface area contributed by atoms with E-state index < -0.39 is 17.9 Å². The first kappa shape index (κ1) is 16.4. The van der Waals surface area contributed by atoms with E-state index in [9.17, 15) is 14.7 Å². The number of hydrogen-bond donors (Lipinski definition) is 1. The molecule has 1 N–H and O–H groups in total. The van der Waals surface area contributed by atoms with Crippen LogP contribution in [0, 0.1) is 5.92 Å². The van der Waals surface area contributed by atoms with Crippen molar-refractivity contribution < 1.29 is 14.7 Å². The van der Waals surface area contributed by atoms with Gasteiger partial charge in [-0.2, -0.15) is 0 Å². The van der Waals surface area contributed by atoms with Gasteiger partial charge in [0.1, 0.15) is 5.92 Å². The third-order valence-corrected chi connectivity index (χ3v) is 5.00. The van der Waals surface area contributed by atoms with E-state index in [1.807, 2.05) is 60.7 Å². The quantitative estimate of drug-likeness (QED) is 0.731. The normalized spacial score (nSPS) is 18.8. The van der Waals surface area contributed by atoms with E-state index in [4.69, 9.17) is 0 Å². The summed E-state index contributed by atoms with van der Waals surface area (Å²) in [5, 5.41) is 10.7. The zero-order valence-corrected chi connectivity index (χ0v) is 14.1. The zero-order valence-electron chi connectivity index (χ0n) is 14.1. The molecule has 2 atom stereocenters. The molecule has 0 spiro atoms. The van der Waals surface area contributed by atoms with Gasteiger partial charge in [-0.05, 0) is 16.7 Å². The van der Waals surface area contributed by atoms with Crippen molar-refractivity contribution in [2.24, 2.45) is 5.92 Å². The van der Waals surface area contributed by atoms with Gasteiger partial charge in [0.25, 0.3) is 0 Å². The summed E-state index contributed by atoms with van der Waals surface area (Å²) in [5.74, 6) is -2.22. The predicted molar refractivity (Wildman–Crippen MR) is 99.0 cm³/mol. The lowest BCUT2D eigenvalue weighted by Gasteiger charge is -2.22. The fourth-order valence-corrected chi connectivity index (χ4v) is 3.75. The standard InChI is InChI=1S/C23H18O3/c24-21-17-13-7-8-14-18(17)22(25)20(21)23(26)19(15-9-3-1-4-10-15)16-11-5-2-6-12-16/h1-14,19-21,24H. The van der Waals surface area contributed by atoms with Gasteiger partial charge in [-0.3, -0.25) is 9.59 Å². The Bertz CT molecular complexity index is 908. The lowest BCUT2D eigenvalue weighted by Crippen LogP contribution is -2.29. The SMILES string of the molecule is O=C1c2ccccc2C(O)C1C(=O)C(c1ccccc1)c1ccccc1. The van der Waals surface area contributed by atoms with Gasteiger partial charge in [0, 0.05) is 5.56 Å². The van der Waals surface area contributed by atoms with E-state index in [0.29, 0.717) is 11.1 Å². The Kier molecular flexibility index (Phi) is 4.23. The van der Waals surface area contributed by atoms with Crippen molar-refractivity contribution in [3.05, 3.63) is 107 Å². The van der Waals surface area contributed by atoms with Gasteiger partial charge in [-0.25, -0.2) is 0 Å². The maximum Gasteiger partial charge on any atom is 0.176 e. The van der Waals surface area contributed by atoms with Crippen molar-refractivity contribution in [1.82, 2.24) is 0 Å². The summed E-state index contributed by atoms with van der Waals surface area (Å²) in [6.45, 7) is 0. The number of aliphatic hydroxyl groups excluding tert-OH is 1. The number of carbonyl (C=O) groups is 2. The molecular formula is C23H18O3. The van der Waals surface area contributed by atoms with E-state index in [0.717, 1.165) is 11.1 Å². The number of benzene rings is 3. The molecule has 0 aromatic heterocycles. The number of fused-ring (bicyclic) bond motifs is 1. The second-order valence-electron chi connectivity index (χ2n) is 6.53. The van der Waals surface area contributed by atoms with Crippen LogP contribution < -0.4 is 0 Å². The van der Waals surface area contributed by atoms with Crippen LogP contribution in [0.25, 0.3) is 0 Å². The second-order valence-corrected chi connectivity index (χ2v) is 6.53. The fraction of sp³-hybridized carbons (Fsp3) is 0.130. The summed E-state index contributed by atoms with van der Waals surface area (Å²) in [4.78, 5) is 26.3. The van der Waals surface area contributed by atoms with Crippen molar-refractivity contribution in [1.29, 1.82) is 0 Å². The molecule has 26 heavy (non-hydrogen) atoms. The minimum atomic E-state index is -1.10. The molecule has 2 unspecified atom stereocenters. The van der Waals surface area contributed by atoms with Crippen LogP contribution in [-0.4, -0.2) is 16.7 Å². The average Bonchev–Trinajstić information content (AvgIpc) is 2.95. The van der Waals surface area contributed by atoms with E-state index in [2.05, 4.69) is 0 Å². The first-order valence-corrected chi connectivity index (χ1v) is 8.63. The number of hydrogen-bond acceptors (Lipinski definition) is 3. The van der Waals surface area contributed by atoms with Crippen molar-refractivity contribution in [3.63, 3.8) is 0 Å². The molecule has 0 aliphatic heterocycles. The highest BCUT2D eigenvalue weighted by molar-refractivity contribution is 6.16. The van der Waals surface area contributed by atoms with Gasteiger partial charge >= 0.3 is 0 Å². The highest BCUT2D eigenvalue weighted by atomic mass is 16.3. The largest absolute Gasteiger partial charge is 0.387 e. The molecule has 3 aromatic carbocycles. The van der Waals surface area contributed by atoms with Crippen LogP contribution in [0.15, 0.2) is 84.9 Å². The molecule has 1 aliphatic rings. The topological polar surface area (TPSA) is 54.4 Å². The smallest absolute Gasteiger partial charge is 0.176 e. The molecule has 128 valence electrons. The monoisotopic (exact) mass is 342 g/mol. The van der Waals surface area contributed by atoms with Gasteiger partial charge < -0.3 is 5.11 Å². The summed E-state index contributed by atoms with van der Waals surface area (Å²) in [6.07, 6.45) is -1.10. The fourth-order valence-electron chi connectivity index (χ4n) is 3.75. The average molecular weight is 342 g/mol. The van der Waals surface area contributed by atoms with Crippen LogP contribution in [0.1, 0.15) is 39.1 Å². The summed E-state index contributed by atoms with van der Waals surface area (Å²) >= 11 is 0. The number of rotatable bonds is 4. The maximum atomic E-state index is 13.5. The highest BCUT2D eigenvalue weighted by Crippen LogP contribution is 2.40. The first-order chi connectivity index (χ1) is 12.7. The Morgan fingerprint density at radius 2 is 1.27 bits per heavy atom. The Morgan fingerprint density at radius 1 is 0.769 bits per heavy atom. The molecule has 0 radical (unpaired) electrons. The van der Waals surface area contributed by atoms with E-state index >= 15 is 0 Å². The molecule has 0 fully saturated rings. The molecule has 0 heterocycles. The van der Waals surface area contributed by atoms with E-state index in [1.165, 1.54) is 0 Å². The lowest BCUT2D eigenvalue weighted by atomic mass is 9.80. The van der Waals surface area contributed by atoms with Crippen LogP contribution >= 0.6 is 0 Å². The third kappa shape index (κ3) is 2.67. The molecule has 4 rings (SSSR count). The summed E-state index contributed by atoms with van der Waals surface area (Å²) in [5.41, 5.74) is 2.62. The molecule has 0 bridgehead atoms. The van der Waals surface area contributed by atoms with Gasteiger partial charge in [0.05, 0.1) is 12.0 Å². The molecule has 1 aliphatic carbocycles. The van der Waals surface area contributed by atoms with E-state index in [-0.39, 0.29) is 11.6 Å². The Labute approximate surface area is 151 Å². The molecule has 3 nitrogen and oxygen atoms in total. The first-order valence-electron chi connectivity index (χ1n) is 8.63. The van der Waals surface area contributed by atoms with Crippen LogP contribution in [0.3, 0.4) is 0 Å².